The minimum Gasteiger partial charge on any atom is -0.437 e. The summed E-state index contributed by atoms with van der Waals surface area (Å²) >= 11 is 17.6. The van der Waals surface area contributed by atoms with Gasteiger partial charge in [0.1, 0.15) is 11.4 Å². The van der Waals surface area contributed by atoms with E-state index in [1.165, 1.54) is 6.20 Å². The summed E-state index contributed by atoms with van der Waals surface area (Å²) in [6.45, 7) is 0.523. The van der Waals surface area contributed by atoms with Crippen molar-refractivity contribution < 1.29 is 9.47 Å². The molecule has 0 saturated carbocycles. The van der Waals surface area contributed by atoms with Crippen molar-refractivity contribution in [1.82, 2.24) is 9.97 Å². The third kappa shape index (κ3) is 3.77. The molecule has 1 saturated heterocycles. The predicted molar refractivity (Wildman–Crippen MR) is 81.1 cm³/mol. The van der Waals surface area contributed by atoms with Crippen LogP contribution >= 0.6 is 34.8 Å². The molecule has 1 atom stereocenters. The van der Waals surface area contributed by atoms with E-state index in [2.05, 4.69) is 9.97 Å². The van der Waals surface area contributed by atoms with Gasteiger partial charge >= 0.3 is 0 Å². The number of alkyl halides is 3. The molecule has 1 fully saturated rings. The van der Waals surface area contributed by atoms with E-state index in [4.69, 9.17) is 44.3 Å². The van der Waals surface area contributed by atoms with Crippen molar-refractivity contribution in [3.8, 4) is 11.6 Å². The molecule has 1 aromatic heterocycles. The summed E-state index contributed by atoms with van der Waals surface area (Å²) in [6, 6.07) is 7.47. The normalized spacial score (nSPS) is 21.1. The molecule has 7 heteroatoms. The number of hydrogen-bond acceptors (Lipinski definition) is 4. The number of ether oxygens (including phenoxy) is 2. The first kappa shape index (κ1) is 14.9. The smallest absolute Gasteiger partial charge is 0.237 e. The summed E-state index contributed by atoms with van der Waals surface area (Å²) in [5.74, 6) is 1.05. The first-order valence-electron chi connectivity index (χ1n) is 6.22. The Kier molecular flexibility index (Phi) is 3.97. The molecule has 0 spiro atoms. The zero-order valence-electron chi connectivity index (χ0n) is 10.8. The van der Waals surface area contributed by atoms with Gasteiger partial charge in [0.25, 0.3) is 0 Å². The third-order valence-corrected chi connectivity index (χ3v) is 3.50. The number of nitrogens with zero attached hydrogens (tertiary/aromatic N) is 2. The number of hydrogen-bond donors (Lipinski definition) is 0. The highest BCUT2D eigenvalue weighted by molar-refractivity contribution is 6.67. The first-order valence-corrected chi connectivity index (χ1v) is 7.35. The molecule has 4 nitrogen and oxygen atoms in total. The van der Waals surface area contributed by atoms with E-state index in [0.29, 0.717) is 24.7 Å². The molecule has 0 bridgehead atoms. The zero-order chi connectivity index (χ0) is 14.9. The SMILES string of the molecule is ClC(Cl)(Cl)CC1(c2cccc(Oc3cnccn3)c2)CO1. The molecule has 1 unspecified atom stereocenters. The van der Waals surface area contributed by atoms with Gasteiger partial charge in [-0.25, -0.2) is 4.98 Å². The van der Waals surface area contributed by atoms with Crippen LogP contribution in [-0.4, -0.2) is 20.4 Å². The maximum atomic E-state index is 5.88. The van der Waals surface area contributed by atoms with Crippen LogP contribution in [0.1, 0.15) is 12.0 Å². The lowest BCUT2D eigenvalue weighted by Crippen LogP contribution is -2.18. The largest absolute Gasteiger partial charge is 0.437 e. The van der Waals surface area contributed by atoms with E-state index in [1.807, 2.05) is 24.3 Å². The van der Waals surface area contributed by atoms with Crippen LogP contribution in [0.3, 0.4) is 0 Å². The molecule has 0 N–H and O–H groups in total. The second-order valence-corrected chi connectivity index (χ2v) is 7.26. The van der Waals surface area contributed by atoms with Gasteiger partial charge in [-0.05, 0) is 17.7 Å². The summed E-state index contributed by atoms with van der Waals surface area (Å²) in [6.07, 6.45) is 4.97. The molecule has 0 aliphatic carbocycles. The fourth-order valence-electron chi connectivity index (χ4n) is 2.08. The molecule has 2 heterocycles. The van der Waals surface area contributed by atoms with Gasteiger partial charge in [-0.2, -0.15) is 0 Å². The third-order valence-electron chi connectivity index (χ3n) is 3.10. The highest BCUT2D eigenvalue weighted by atomic mass is 35.6. The highest BCUT2D eigenvalue weighted by Crippen LogP contribution is 2.50. The van der Waals surface area contributed by atoms with E-state index < -0.39 is 9.39 Å². The molecule has 3 rings (SSSR count). The van der Waals surface area contributed by atoms with Crippen molar-refractivity contribution >= 4 is 34.8 Å². The summed E-state index contributed by atoms with van der Waals surface area (Å²) in [5.41, 5.74) is 0.364. The van der Waals surface area contributed by atoms with E-state index in [9.17, 15) is 0 Å². The average Bonchev–Trinajstić information content (AvgIpc) is 3.19. The zero-order valence-corrected chi connectivity index (χ0v) is 13.1. The number of rotatable bonds is 4. The lowest BCUT2D eigenvalue weighted by Gasteiger charge is -2.18. The van der Waals surface area contributed by atoms with Crippen molar-refractivity contribution in [2.75, 3.05) is 6.61 Å². The maximum Gasteiger partial charge on any atom is 0.237 e. The van der Waals surface area contributed by atoms with Crippen molar-refractivity contribution in [2.45, 2.75) is 15.8 Å². The Hall–Kier alpha value is -1.07. The molecule has 21 heavy (non-hydrogen) atoms. The minimum absolute atomic E-state index is 0.291. The monoisotopic (exact) mass is 344 g/mol. The van der Waals surface area contributed by atoms with Gasteiger partial charge in [0.2, 0.25) is 5.88 Å². The van der Waals surface area contributed by atoms with Crippen LogP contribution in [0, 0.1) is 0 Å². The van der Waals surface area contributed by atoms with Crippen molar-refractivity contribution in [3.63, 3.8) is 0 Å². The van der Waals surface area contributed by atoms with Crippen molar-refractivity contribution in [2.24, 2.45) is 0 Å². The summed E-state index contributed by atoms with van der Waals surface area (Å²) in [4.78, 5) is 8.01. The molecule has 0 amide bonds. The van der Waals surface area contributed by atoms with Gasteiger partial charge in [0.05, 0.1) is 12.8 Å². The first-order chi connectivity index (χ1) is 9.97. The summed E-state index contributed by atoms with van der Waals surface area (Å²) in [5, 5.41) is 0. The van der Waals surface area contributed by atoms with Crippen molar-refractivity contribution in [3.05, 3.63) is 48.4 Å². The van der Waals surface area contributed by atoms with Crippen LogP contribution in [0.2, 0.25) is 0 Å². The van der Waals surface area contributed by atoms with Crippen LogP contribution in [0.25, 0.3) is 0 Å². The standard InChI is InChI=1S/C14H11Cl3N2O2/c15-14(16,17)8-13(9-20-13)10-2-1-3-11(6-10)21-12-7-18-4-5-19-12/h1-7H,8-9H2. The molecule has 110 valence electrons. The molecule has 1 aliphatic rings. The van der Waals surface area contributed by atoms with Crippen LogP contribution < -0.4 is 4.74 Å². The maximum absolute atomic E-state index is 5.88. The minimum atomic E-state index is -1.36. The van der Waals surface area contributed by atoms with Crippen LogP contribution in [0.5, 0.6) is 11.6 Å². The summed E-state index contributed by atoms with van der Waals surface area (Å²) < 4.78 is 9.81. The summed E-state index contributed by atoms with van der Waals surface area (Å²) in [7, 11) is 0. The molecule has 1 aromatic carbocycles. The Morgan fingerprint density at radius 2 is 2.10 bits per heavy atom. The van der Waals surface area contributed by atoms with Crippen LogP contribution in [0.15, 0.2) is 42.9 Å². The van der Waals surface area contributed by atoms with E-state index in [1.54, 1.807) is 12.4 Å². The Bertz CT molecular complexity index is 628. The van der Waals surface area contributed by atoms with Gasteiger partial charge in [-0.3, -0.25) is 4.98 Å². The topological polar surface area (TPSA) is 47.5 Å². The van der Waals surface area contributed by atoms with Gasteiger partial charge < -0.3 is 9.47 Å². The lowest BCUT2D eigenvalue weighted by molar-refractivity contribution is 0.294. The second kappa shape index (κ2) is 5.61. The van der Waals surface area contributed by atoms with Gasteiger partial charge in [0, 0.05) is 18.8 Å². The molecule has 0 radical (unpaired) electrons. The van der Waals surface area contributed by atoms with Gasteiger partial charge in [0.15, 0.2) is 3.79 Å². The number of aromatic nitrogens is 2. The Morgan fingerprint density at radius 3 is 2.71 bits per heavy atom. The molecule has 2 aromatic rings. The molecular weight excluding hydrogens is 335 g/mol. The molecule has 1 aliphatic heterocycles. The predicted octanol–water partition coefficient (Wildman–Crippen LogP) is 4.25. The number of halogens is 3. The number of benzene rings is 1. The molecular formula is C14H11Cl3N2O2. The average molecular weight is 346 g/mol. The highest BCUT2D eigenvalue weighted by Gasteiger charge is 2.51. The fraction of sp³-hybridized carbons (Fsp3) is 0.286. The second-order valence-electron chi connectivity index (χ2n) is 4.75. The van der Waals surface area contributed by atoms with Crippen LogP contribution in [-0.2, 0) is 10.3 Å². The van der Waals surface area contributed by atoms with E-state index >= 15 is 0 Å². The van der Waals surface area contributed by atoms with Gasteiger partial charge in [-0.1, -0.05) is 46.9 Å². The Morgan fingerprint density at radius 1 is 1.29 bits per heavy atom. The Balaban J connectivity index is 1.81. The lowest BCUT2D eigenvalue weighted by atomic mass is 9.97. The van der Waals surface area contributed by atoms with Crippen LogP contribution in [0.4, 0.5) is 0 Å². The number of epoxide rings is 1. The quantitative estimate of drug-likeness (QED) is 0.614. The Labute approximate surface area is 137 Å². The van der Waals surface area contributed by atoms with Gasteiger partial charge in [-0.15, -0.1) is 0 Å². The van der Waals surface area contributed by atoms with E-state index in [0.717, 1.165) is 5.56 Å². The fourth-order valence-corrected chi connectivity index (χ4v) is 2.73. The van der Waals surface area contributed by atoms with E-state index in [-0.39, 0.29) is 0 Å². The van der Waals surface area contributed by atoms with Crippen molar-refractivity contribution in [1.29, 1.82) is 0 Å².